The molecule has 1 heterocycles. The molecule has 0 aromatic heterocycles. The summed E-state index contributed by atoms with van der Waals surface area (Å²) in [5.41, 5.74) is 0.736. The van der Waals surface area contributed by atoms with Crippen LogP contribution in [0.4, 0.5) is 5.69 Å². The number of ether oxygens (including phenoxy) is 1. The van der Waals surface area contributed by atoms with Gasteiger partial charge in [0.2, 0.25) is 5.91 Å². The van der Waals surface area contributed by atoms with Crippen molar-refractivity contribution in [2.24, 2.45) is 5.92 Å². The lowest BCUT2D eigenvalue weighted by Gasteiger charge is -2.24. The predicted octanol–water partition coefficient (Wildman–Crippen LogP) is 3.26. The number of hydrogen-bond donors (Lipinski definition) is 2. The van der Waals surface area contributed by atoms with Gasteiger partial charge in [0.15, 0.2) is 0 Å². The van der Waals surface area contributed by atoms with E-state index in [4.69, 9.17) is 4.74 Å². The Morgan fingerprint density at radius 2 is 1.88 bits per heavy atom. The molecule has 3 rings (SSSR count). The molecule has 0 unspecified atom stereocenters. The van der Waals surface area contributed by atoms with E-state index in [0.29, 0.717) is 42.4 Å². The second-order valence-electron chi connectivity index (χ2n) is 8.49. The topological polar surface area (TPSA) is 105 Å². The third-order valence-corrected chi connectivity index (χ3v) is 6.95. The molecule has 8 nitrogen and oxygen atoms in total. The number of nitrogens with one attached hydrogen (secondary N) is 2. The van der Waals surface area contributed by atoms with Crippen LogP contribution in [0.1, 0.15) is 43.5 Å². The van der Waals surface area contributed by atoms with E-state index in [1.54, 1.807) is 41.3 Å². The van der Waals surface area contributed by atoms with Gasteiger partial charge in [0.05, 0.1) is 12.0 Å². The molecule has 33 heavy (non-hydrogen) atoms. The molecule has 1 aliphatic heterocycles. The maximum atomic E-state index is 13.0. The van der Waals surface area contributed by atoms with Crippen LogP contribution in [0.15, 0.2) is 53.4 Å². The fourth-order valence-electron chi connectivity index (χ4n) is 3.71. The van der Waals surface area contributed by atoms with Gasteiger partial charge in [-0.15, -0.1) is 0 Å². The molecular formula is C24H31N3O5S. The molecule has 0 aliphatic carbocycles. The lowest BCUT2D eigenvalue weighted by atomic mass is 10.1. The average Bonchev–Trinajstić information content (AvgIpc) is 3.29. The molecule has 1 atom stereocenters. The van der Waals surface area contributed by atoms with Crippen LogP contribution in [0.2, 0.25) is 0 Å². The average molecular weight is 474 g/mol. The predicted molar refractivity (Wildman–Crippen MR) is 127 cm³/mol. The molecule has 9 heteroatoms. The number of likely N-dealkylation sites (tertiary alicyclic amines) is 1. The van der Waals surface area contributed by atoms with Gasteiger partial charge in [-0.1, -0.05) is 19.9 Å². The number of rotatable bonds is 9. The van der Waals surface area contributed by atoms with Gasteiger partial charge in [0, 0.05) is 30.4 Å². The Kier molecular flexibility index (Phi) is 7.97. The number of benzene rings is 2. The highest BCUT2D eigenvalue weighted by Crippen LogP contribution is 2.23. The van der Waals surface area contributed by atoms with Crippen LogP contribution in [0.3, 0.4) is 0 Å². The first-order chi connectivity index (χ1) is 15.7. The molecule has 2 N–H and O–H groups in total. The highest BCUT2D eigenvalue weighted by molar-refractivity contribution is 7.92. The van der Waals surface area contributed by atoms with Crippen LogP contribution in [0, 0.1) is 5.92 Å². The second kappa shape index (κ2) is 10.7. The van der Waals surface area contributed by atoms with Gasteiger partial charge in [-0.2, -0.15) is 0 Å². The summed E-state index contributed by atoms with van der Waals surface area (Å²) in [5, 5.41) is 2.93. The Labute approximate surface area is 195 Å². The first-order valence-electron chi connectivity index (χ1n) is 11.1. The fraction of sp³-hybridized carbons (Fsp3) is 0.417. The fourth-order valence-corrected chi connectivity index (χ4v) is 4.81. The third-order valence-electron chi connectivity index (χ3n) is 5.57. The monoisotopic (exact) mass is 473 g/mol. The second-order valence-corrected chi connectivity index (χ2v) is 10.2. The summed E-state index contributed by atoms with van der Waals surface area (Å²) in [5.74, 6) is 0.571. The van der Waals surface area contributed by atoms with Crippen molar-refractivity contribution in [3.8, 4) is 5.75 Å². The number of nitrogens with zero attached hydrogens (tertiary/aromatic N) is 1. The molecule has 2 aromatic carbocycles. The zero-order valence-electron chi connectivity index (χ0n) is 19.2. The molecule has 0 saturated carbocycles. The highest BCUT2D eigenvalue weighted by atomic mass is 32.2. The van der Waals surface area contributed by atoms with Crippen LogP contribution in [0.25, 0.3) is 0 Å². The summed E-state index contributed by atoms with van der Waals surface area (Å²) >= 11 is 0. The Hall–Kier alpha value is -3.07. The number of carbonyl (C=O) groups is 2. The molecule has 2 aromatic rings. The van der Waals surface area contributed by atoms with Crippen molar-refractivity contribution in [2.45, 2.75) is 44.0 Å². The first kappa shape index (κ1) is 24.6. The summed E-state index contributed by atoms with van der Waals surface area (Å²) in [6.45, 7) is 5.30. The Morgan fingerprint density at radius 3 is 2.55 bits per heavy atom. The van der Waals surface area contributed by atoms with Crippen molar-refractivity contribution in [1.82, 2.24) is 10.2 Å². The van der Waals surface area contributed by atoms with Gasteiger partial charge in [-0.05, 0) is 61.6 Å². The number of sulfonamides is 1. The smallest absolute Gasteiger partial charge is 0.262 e. The molecule has 0 bridgehead atoms. The standard InChI is InChI=1S/C24H31N3O5S/c1-17(2)13-14-25-23(28)22-8-5-15-27(22)24(29)18-9-11-19(12-10-18)26-33(30,31)21-7-4-6-20(16-21)32-3/h4,6-7,9-12,16-17,22,26H,5,8,13-15H2,1-3H3,(H,25,28)/t22-/m1/s1. The minimum atomic E-state index is -3.81. The van der Waals surface area contributed by atoms with Gasteiger partial charge in [-0.25, -0.2) is 8.42 Å². The van der Waals surface area contributed by atoms with Crippen molar-refractivity contribution in [3.05, 3.63) is 54.1 Å². The van der Waals surface area contributed by atoms with Gasteiger partial charge < -0.3 is 15.0 Å². The maximum Gasteiger partial charge on any atom is 0.262 e. The SMILES string of the molecule is COc1cccc(S(=O)(=O)Nc2ccc(C(=O)N3CCC[C@@H]3C(=O)NCCC(C)C)cc2)c1. The third kappa shape index (κ3) is 6.25. The minimum absolute atomic E-state index is 0.0744. The molecule has 2 amide bonds. The summed E-state index contributed by atoms with van der Waals surface area (Å²) in [6, 6.07) is 11.9. The number of hydrogen-bond acceptors (Lipinski definition) is 5. The number of anilines is 1. The van der Waals surface area contributed by atoms with Gasteiger partial charge >= 0.3 is 0 Å². The number of carbonyl (C=O) groups excluding carboxylic acids is 2. The molecule has 1 aliphatic rings. The summed E-state index contributed by atoms with van der Waals surface area (Å²) in [4.78, 5) is 27.3. The zero-order valence-corrected chi connectivity index (χ0v) is 20.0. The van der Waals surface area contributed by atoms with E-state index >= 15 is 0 Å². The van der Waals surface area contributed by atoms with E-state index in [9.17, 15) is 18.0 Å². The van der Waals surface area contributed by atoms with Crippen molar-refractivity contribution in [2.75, 3.05) is 24.9 Å². The summed E-state index contributed by atoms with van der Waals surface area (Å²) in [6.07, 6.45) is 2.30. The van der Waals surface area contributed by atoms with E-state index in [0.717, 1.165) is 12.8 Å². The molecule has 1 saturated heterocycles. The summed E-state index contributed by atoms with van der Waals surface area (Å²) in [7, 11) is -2.34. The largest absolute Gasteiger partial charge is 0.497 e. The van der Waals surface area contributed by atoms with E-state index in [1.165, 1.54) is 19.2 Å². The van der Waals surface area contributed by atoms with Gasteiger partial charge in [0.1, 0.15) is 11.8 Å². The Balaban J connectivity index is 1.66. The van der Waals surface area contributed by atoms with Crippen molar-refractivity contribution >= 4 is 27.5 Å². The molecular weight excluding hydrogens is 442 g/mol. The van der Waals surface area contributed by atoms with E-state index in [-0.39, 0.29) is 16.7 Å². The van der Waals surface area contributed by atoms with Crippen LogP contribution >= 0.6 is 0 Å². The zero-order chi connectivity index (χ0) is 24.0. The van der Waals surface area contributed by atoms with Crippen LogP contribution in [-0.4, -0.2) is 51.4 Å². The van der Waals surface area contributed by atoms with Crippen LogP contribution < -0.4 is 14.8 Å². The molecule has 178 valence electrons. The van der Waals surface area contributed by atoms with Crippen molar-refractivity contribution in [1.29, 1.82) is 0 Å². The lowest BCUT2D eigenvalue weighted by Crippen LogP contribution is -2.46. The normalized spacial score (nSPS) is 16.0. The summed E-state index contributed by atoms with van der Waals surface area (Å²) < 4.78 is 32.9. The number of amides is 2. The van der Waals surface area contributed by atoms with E-state index in [1.807, 2.05) is 0 Å². The van der Waals surface area contributed by atoms with Crippen LogP contribution in [-0.2, 0) is 14.8 Å². The number of methoxy groups -OCH3 is 1. The minimum Gasteiger partial charge on any atom is -0.497 e. The molecule has 1 fully saturated rings. The van der Waals surface area contributed by atoms with Crippen LogP contribution in [0.5, 0.6) is 5.75 Å². The van der Waals surface area contributed by atoms with Crippen molar-refractivity contribution in [3.63, 3.8) is 0 Å². The van der Waals surface area contributed by atoms with E-state index < -0.39 is 16.1 Å². The highest BCUT2D eigenvalue weighted by Gasteiger charge is 2.34. The first-order valence-corrected chi connectivity index (χ1v) is 12.5. The van der Waals surface area contributed by atoms with E-state index in [2.05, 4.69) is 23.9 Å². The molecule has 0 spiro atoms. The van der Waals surface area contributed by atoms with Crippen molar-refractivity contribution < 1.29 is 22.7 Å². The Morgan fingerprint density at radius 1 is 1.15 bits per heavy atom. The van der Waals surface area contributed by atoms with Gasteiger partial charge in [-0.3, -0.25) is 14.3 Å². The molecule has 0 radical (unpaired) electrons. The maximum absolute atomic E-state index is 13.0. The lowest BCUT2D eigenvalue weighted by molar-refractivity contribution is -0.124. The quantitative estimate of drug-likeness (QED) is 0.582. The Bertz CT molecular complexity index is 1080. The van der Waals surface area contributed by atoms with Gasteiger partial charge in [0.25, 0.3) is 15.9 Å².